The van der Waals surface area contributed by atoms with Crippen molar-refractivity contribution in [2.75, 3.05) is 21.1 Å². The van der Waals surface area contributed by atoms with Gasteiger partial charge in [-0.1, -0.05) is 0 Å². The molecule has 0 aliphatic rings. The van der Waals surface area contributed by atoms with Crippen LogP contribution in [0.4, 0.5) is 4.79 Å². The van der Waals surface area contributed by atoms with Crippen LogP contribution in [0, 0.1) is 0 Å². The first kappa shape index (κ1) is 14.6. The van der Waals surface area contributed by atoms with Crippen LogP contribution in [-0.2, 0) is 15.1 Å². The summed E-state index contributed by atoms with van der Waals surface area (Å²) in [6, 6.07) is 0. The smallest absolute Gasteiger partial charge is 0.428 e. The summed E-state index contributed by atoms with van der Waals surface area (Å²) < 4.78 is 29.0. The third-order valence-electron chi connectivity index (χ3n) is 1.60. The van der Waals surface area contributed by atoms with Crippen molar-refractivity contribution in [3.05, 3.63) is 0 Å². The Bertz CT molecular complexity index is 396. The van der Waals surface area contributed by atoms with Crippen LogP contribution in [-0.4, -0.2) is 66.2 Å². The zero-order chi connectivity index (χ0) is 13.3. The monoisotopic (exact) mass is 256 g/mol. The summed E-state index contributed by atoms with van der Waals surface area (Å²) in [5, 5.41) is 19.3. The van der Waals surface area contributed by atoms with E-state index in [0.29, 0.717) is 0 Å². The zero-order valence-corrected chi connectivity index (χ0v) is 9.63. The summed E-state index contributed by atoms with van der Waals surface area (Å²) in [6.45, 7) is 0. The van der Waals surface area contributed by atoms with Crippen molar-refractivity contribution in [3.8, 4) is 0 Å². The minimum absolute atomic E-state index is 0.567. The van der Waals surface area contributed by atoms with Gasteiger partial charge in [0.05, 0.1) is 21.1 Å². The Hall–Kier alpha value is -1.39. The van der Waals surface area contributed by atoms with Crippen LogP contribution in [0.1, 0.15) is 0 Å². The lowest BCUT2D eigenvalue weighted by Crippen LogP contribution is -2.65. The highest BCUT2D eigenvalue weighted by Crippen LogP contribution is 2.13. The number of hydrogen-bond acceptors (Lipinski definition) is 5. The van der Waals surface area contributed by atoms with Gasteiger partial charge in [0.15, 0.2) is 0 Å². The Balaban J connectivity index is 5.67. The molecular formula is C6H12N2O7S. The number of hydrogen-bond donors (Lipinski definition) is 2. The van der Waals surface area contributed by atoms with Crippen LogP contribution in [0.5, 0.6) is 0 Å². The fourth-order valence-corrected chi connectivity index (χ4v) is 1.87. The summed E-state index contributed by atoms with van der Waals surface area (Å²) in [5.74, 6) is -1.94. The van der Waals surface area contributed by atoms with Gasteiger partial charge in [-0.05, 0) is 0 Å². The summed E-state index contributed by atoms with van der Waals surface area (Å²) in [6.07, 6.45) is -4.18. The van der Waals surface area contributed by atoms with E-state index in [1.165, 1.54) is 21.1 Å². The van der Waals surface area contributed by atoms with E-state index in [2.05, 4.69) is 0 Å². The standard InChI is InChI=1S/C6H12N2O7S/c1-8(2,3)4(5(9)10)7(6(11)12)16(13,14)15/h4H,1-3H3,(H2-,9,10,11,12,13,14,15). The van der Waals surface area contributed by atoms with Gasteiger partial charge in [-0.2, -0.15) is 8.42 Å². The number of carbonyl (C=O) groups excluding carboxylic acids is 1. The van der Waals surface area contributed by atoms with Gasteiger partial charge in [-0.3, -0.25) is 4.55 Å². The molecule has 0 aromatic rings. The second kappa shape index (κ2) is 4.23. The van der Waals surface area contributed by atoms with Gasteiger partial charge >= 0.3 is 16.4 Å². The third kappa shape index (κ3) is 3.32. The predicted molar refractivity (Wildman–Crippen MR) is 48.2 cm³/mol. The van der Waals surface area contributed by atoms with Crippen molar-refractivity contribution in [2.45, 2.75) is 6.17 Å². The number of carboxylic acids is 1. The molecule has 0 aromatic carbocycles. The maximum absolute atomic E-state index is 10.8. The minimum atomic E-state index is -5.19. The molecule has 1 atom stereocenters. The Morgan fingerprint density at radius 1 is 1.31 bits per heavy atom. The fourth-order valence-electron chi connectivity index (χ4n) is 1.06. The molecule has 94 valence electrons. The highest BCUT2D eigenvalue weighted by atomic mass is 32.2. The number of nitrogens with zero attached hydrogens (tertiary/aromatic N) is 2. The molecule has 10 heteroatoms. The molecule has 0 saturated heterocycles. The molecule has 9 nitrogen and oxygen atoms in total. The van der Waals surface area contributed by atoms with Gasteiger partial charge in [-0.15, -0.1) is 4.31 Å². The summed E-state index contributed by atoms with van der Waals surface area (Å²) in [7, 11) is -1.48. The van der Waals surface area contributed by atoms with E-state index in [0.717, 1.165) is 0 Å². The van der Waals surface area contributed by atoms with E-state index in [9.17, 15) is 23.1 Å². The molecule has 1 unspecified atom stereocenters. The van der Waals surface area contributed by atoms with E-state index in [4.69, 9.17) is 9.66 Å². The second-order valence-corrected chi connectivity index (χ2v) is 5.15. The lowest BCUT2D eigenvalue weighted by atomic mass is 10.4. The van der Waals surface area contributed by atoms with Crippen molar-refractivity contribution in [2.24, 2.45) is 0 Å². The van der Waals surface area contributed by atoms with Crippen LogP contribution in [0.25, 0.3) is 0 Å². The zero-order valence-electron chi connectivity index (χ0n) is 8.82. The van der Waals surface area contributed by atoms with Crippen LogP contribution < -0.4 is 5.11 Å². The minimum Gasteiger partial charge on any atom is -0.542 e. The Morgan fingerprint density at radius 2 is 1.69 bits per heavy atom. The lowest BCUT2D eigenvalue weighted by molar-refractivity contribution is -0.897. The molecule has 0 aromatic heterocycles. The van der Waals surface area contributed by atoms with Gasteiger partial charge in [-0.25, -0.2) is 4.79 Å². The van der Waals surface area contributed by atoms with E-state index in [1.54, 1.807) is 0 Å². The first-order chi connectivity index (χ1) is 6.89. The van der Waals surface area contributed by atoms with Crippen LogP contribution >= 0.6 is 0 Å². The second-order valence-electron chi connectivity index (χ2n) is 3.87. The van der Waals surface area contributed by atoms with Crippen molar-refractivity contribution < 1.29 is 37.3 Å². The number of aliphatic carboxylic acids is 1. The highest BCUT2D eigenvalue weighted by molar-refractivity contribution is 7.84. The molecule has 2 N–H and O–H groups in total. The molecule has 0 saturated carbocycles. The number of likely N-dealkylation sites (N-methyl/N-ethyl adjacent to an activating group) is 1. The average molecular weight is 256 g/mol. The largest absolute Gasteiger partial charge is 0.542 e. The molecule has 16 heavy (non-hydrogen) atoms. The normalized spacial score (nSPS) is 14.2. The molecule has 0 spiro atoms. The van der Waals surface area contributed by atoms with Crippen LogP contribution in [0.2, 0.25) is 0 Å². The summed E-state index contributed by atoms with van der Waals surface area (Å²) >= 11 is 0. The first-order valence-electron chi connectivity index (χ1n) is 3.90. The highest BCUT2D eigenvalue weighted by Gasteiger charge is 2.42. The van der Waals surface area contributed by atoms with Crippen LogP contribution in [0.15, 0.2) is 0 Å². The number of carboxylic acid groups (broad SMARTS) is 2. The van der Waals surface area contributed by atoms with Gasteiger partial charge in [0, 0.05) is 0 Å². The topological polar surface area (TPSA) is 135 Å². The molecule has 0 bridgehead atoms. The van der Waals surface area contributed by atoms with Crippen molar-refractivity contribution >= 4 is 22.4 Å². The number of carbonyl (C=O) groups is 2. The van der Waals surface area contributed by atoms with Crippen LogP contribution in [0.3, 0.4) is 0 Å². The van der Waals surface area contributed by atoms with Gasteiger partial charge in [0.25, 0.3) is 0 Å². The molecule has 0 aliphatic heterocycles. The summed E-state index contributed by atoms with van der Waals surface area (Å²) in [4.78, 5) is 21.4. The Labute approximate surface area is 92.0 Å². The Kier molecular flexibility index (Phi) is 3.87. The predicted octanol–water partition coefficient (Wildman–Crippen LogP) is -2.45. The first-order valence-corrected chi connectivity index (χ1v) is 5.30. The quantitative estimate of drug-likeness (QED) is 0.324. The molecule has 0 heterocycles. The Morgan fingerprint density at radius 3 is 1.75 bits per heavy atom. The number of rotatable bonds is 4. The SMILES string of the molecule is C[N+](C)(C)C(C(=O)[O-])N(C(=O)O)S(=O)(=O)O. The molecule has 0 aliphatic carbocycles. The molecule has 0 fully saturated rings. The van der Waals surface area contributed by atoms with Gasteiger partial charge in [0.2, 0.25) is 6.17 Å². The van der Waals surface area contributed by atoms with Gasteiger partial charge in [0.1, 0.15) is 5.97 Å². The van der Waals surface area contributed by atoms with E-state index >= 15 is 0 Å². The molecular weight excluding hydrogens is 244 g/mol. The number of amides is 1. The summed E-state index contributed by atoms with van der Waals surface area (Å²) in [5.41, 5.74) is 0. The van der Waals surface area contributed by atoms with Crippen molar-refractivity contribution in [1.29, 1.82) is 0 Å². The van der Waals surface area contributed by atoms with Crippen molar-refractivity contribution in [1.82, 2.24) is 4.31 Å². The van der Waals surface area contributed by atoms with E-state index < -0.39 is 37.3 Å². The third-order valence-corrected chi connectivity index (χ3v) is 2.46. The average Bonchev–Trinajstić information content (AvgIpc) is 1.92. The van der Waals surface area contributed by atoms with Gasteiger partial charge < -0.3 is 19.5 Å². The molecule has 1 amide bonds. The van der Waals surface area contributed by atoms with E-state index in [1.807, 2.05) is 0 Å². The lowest BCUT2D eigenvalue weighted by Gasteiger charge is -2.37. The molecule has 0 rings (SSSR count). The van der Waals surface area contributed by atoms with E-state index in [-0.39, 0.29) is 0 Å². The maximum atomic E-state index is 10.8. The fraction of sp³-hybridized carbons (Fsp3) is 0.667. The van der Waals surface area contributed by atoms with Crippen molar-refractivity contribution in [3.63, 3.8) is 0 Å². The number of quaternary nitrogens is 1. The maximum Gasteiger partial charge on any atom is 0.428 e. The molecule has 0 radical (unpaired) electrons.